The molecular weight excluding hydrogens is 409 g/mol. The minimum atomic E-state index is -0.308. The lowest BCUT2D eigenvalue weighted by atomic mass is 10.2. The van der Waals surface area contributed by atoms with Crippen LogP contribution in [0.25, 0.3) is 6.08 Å². The molecule has 4 nitrogen and oxygen atoms in total. The largest absolute Gasteiger partial charge is 0.488 e. The Balaban J connectivity index is 1.73. The molecule has 25 heavy (non-hydrogen) atoms. The van der Waals surface area contributed by atoms with Crippen LogP contribution >= 0.6 is 27.7 Å². The third kappa shape index (κ3) is 4.11. The maximum absolute atomic E-state index is 13.2. The molecular formula is C18H13BrFNO3S. The second-order valence-corrected chi connectivity index (χ2v) is 7.20. The maximum Gasteiger partial charge on any atom is 0.293 e. The van der Waals surface area contributed by atoms with Gasteiger partial charge in [-0.25, -0.2) is 4.39 Å². The summed E-state index contributed by atoms with van der Waals surface area (Å²) in [5.74, 6) is -0.0112. The highest BCUT2D eigenvalue weighted by atomic mass is 79.9. The first-order valence-electron chi connectivity index (χ1n) is 7.32. The van der Waals surface area contributed by atoms with Gasteiger partial charge in [-0.3, -0.25) is 14.5 Å². The van der Waals surface area contributed by atoms with E-state index in [0.717, 1.165) is 27.8 Å². The van der Waals surface area contributed by atoms with Gasteiger partial charge in [0.15, 0.2) is 0 Å². The maximum atomic E-state index is 13.2. The fourth-order valence-corrected chi connectivity index (χ4v) is 3.55. The first-order valence-corrected chi connectivity index (χ1v) is 8.93. The van der Waals surface area contributed by atoms with Crippen LogP contribution in [0, 0.1) is 5.82 Å². The number of benzene rings is 2. The number of thioether (sulfide) groups is 1. The quantitative estimate of drug-likeness (QED) is 0.663. The number of amides is 2. The van der Waals surface area contributed by atoms with Gasteiger partial charge in [0.2, 0.25) is 0 Å². The molecule has 128 valence electrons. The molecule has 0 aliphatic carbocycles. The van der Waals surface area contributed by atoms with Crippen molar-refractivity contribution in [2.45, 2.75) is 6.61 Å². The van der Waals surface area contributed by atoms with E-state index >= 15 is 0 Å². The summed E-state index contributed by atoms with van der Waals surface area (Å²) in [6.45, 7) is 0.241. The third-order valence-corrected chi connectivity index (χ3v) is 5.10. The topological polar surface area (TPSA) is 46.6 Å². The molecule has 7 heteroatoms. The predicted octanol–water partition coefficient (Wildman–Crippen LogP) is 4.83. The van der Waals surface area contributed by atoms with Crippen molar-refractivity contribution >= 4 is 44.9 Å². The zero-order valence-electron chi connectivity index (χ0n) is 13.2. The monoisotopic (exact) mass is 421 g/mol. The first-order chi connectivity index (χ1) is 11.9. The average molecular weight is 422 g/mol. The summed E-state index contributed by atoms with van der Waals surface area (Å²) in [6.07, 6.45) is 1.66. The van der Waals surface area contributed by atoms with Crippen LogP contribution in [0.2, 0.25) is 0 Å². The molecule has 3 rings (SSSR count). The predicted molar refractivity (Wildman–Crippen MR) is 98.6 cm³/mol. The van der Waals surface area contributed by atoms with Gasteiger partial charge in [0.25, 0.3) is 11.1 Å². The van der Waals surface area contributed by atoms with E-state index in [1.54, 1.807) is 36.4 Å². The highest BCUT2D eigenvalue weighted by Gasteiger charge is 2.31. The first kappa shape index (κ1) is 17.7. The molecule has 1 heterocycles. The molecule has 0 bridgehead atoms. The summed E-state index contributed by atoms with van der Waals surface area (Å²) >= 11 is 4.34. The van der Waals surface area contributed by atoms with Crippen LogP contribution in [0.1, 0.15) is 11.1 Å². The lowest BCUT2D eigenvalue weighted by Gasteiger charge is -2.09. The molecule has 1 fully saturated rings. The summed E-state index contributed by atoms with van der Waals surface area (Å²) in [6, 6.07) is 11.6. The molecule has 0 unspecified atom stereocenters. The number of ether oxygens (including phenoxy) is 1. The zero-order valence-corrected chi connectivity index (χ0v) is 15.6. The summed E-state index contributed by atoms with van der Waals surface area (Å²) in [5, 5.41) is -0.287. The van der Waals surface area contributed by atoms with Gasteiger partial charge in [-0.15, -0.1) is 0 Å². The zero-order chi connectivity index (χ0) is 18.0. The summed E-state index contributed by atoms with van der Waals surface area (Å²) in [4.78, 5) is 24.9. The molecule has 2 aromatic rings. The van der Waals surface area contributed by atoms with E-state index < -0.39 is 0 Å². The molecule has 0 atom stereocenters. The van der Waals surface area contributed by atoms with E-state index in [2.05, 4.69) is 15.9 Å². The molecule has 1 aliphatic rings. The van der Waals surface area contributed by atoms with Gasteiger partial charge < -0.3 is 4.74 Å². The Morgan fingerprint density at radius 1 is 1.24 bits per heavy atom. The highest BCUT2D eigenvalue weighted by molar-refractivity contribution is 9.10. The van der Waals surface area contributed by atoms with Crippen molar-refractivity contribution in [1.29, 1.82) is 0 Å². The van der Waals surface area contributed by atoms with Crippen LogP contribution in [0.15, 0.2) is 51.8 Å². The van der Waals surface area contributed by atoms with E-state index in [4.69, 9.17) is 4.74 Å². The molecule has 0 radical (unpaired) electrons. The smallest absolute Gasteiger partial charge is 0.293 e. The normalized spacial score (nSPS) is 16.0. The number of carbonyl (C=O) groups is 2. The Kier molecular flexibility index (Phi) is 5.24. The molecule has 1 saturated heterocycles. The number of imide groups is 1. The molecule has 0 aromatic heterocycles. The molecule has 0 spiro atoms. The van der Waals surface area contributed by atoms with Crippen molar-refractivity contribution in [3.63, 3.8) is 0 Å². The van der Waals surface area contributed by atoms with Crippen LogP contribution < -0.4 is 4.74 Å². The van der Waals surface area contributed by atoms with Crippen LogP contribution in [-0.4, -0.2) is 23.1 Å². The van der Waals surface area contributed by atoms with Crippen LogP contribution in [0.3, 0.4) is 0 Å². The Morgan fingerprint density at radius 3 is 2.68 bits per heavy atom. The van der Waals surface area contributed by atoms with E-state index in [1.807, 2.05) is 0 Å². The van der Waals surface area contributed by atoms with Crippen LogP contribution in [0.4, 0.5) is 9.18 Å². The van der Waals surface area contributed by atoms with Gasteiger partial charge in [-0.2, -0.15) is 0 Å². The molecule has 2 amide bonds. The van der Waals surface area contributed by atoms with Gasteiger partial charge in [0.05, 0.1) is 9.38 Å². The van der Waals surface area contributed by atoms with Gasteiger partial charge in [0.1, 0.15) is 18.2 Å². The molecule has 0 N–H and O–H groups in total. The summed E-state index contributed by atoms with van der Waals surface area (Å²) in [7, 11) is 1.46. The second-order valence-electron chi connectivity index (χ2n) is 5.35. The van der Waals surface area contributed by atoms with Crippen LogP contribution in [-0.2, 0) is 11.4 Å². The highest BCUT2D eigenvalue weighted by Crippen LogP contribution is 2.33. The Hall–Kier alpha value is -2.12. The van der Waals surface area contributed by atoms with Gasteiger partial charge >= 0.3 is 0 Å². The lowest BCUT2D eigenvalue weighted by molar-refractivity contribution is -0.121. The molecule has 1 aliphatic heterocycles. The number of halogens is 2. The number of hydrogen-bond donors (Lipinski definition) is 0. The van der Waals surface area contributed by atoms with Crippen molar-refractivity contribution in [2.24, 2.45) is 0 Å². The van der Waals surface area contributed by atoms with Gasteiger partial charge in [-0.05, 0) is 69.2 Å². The Bertz CT molecular complexity index is 884. The van der Waals surface area contributed by atoms with Crippen molar-refractivity contribution < 1.29 is 18.7 Å². The number of hydrogen-bond acceptors (Lipinski definition) is 4. The molecule has 2 aromatic carbocycles. The van der Waals surface area contributed by atoms with Crippen LogP contribution in [0.5, 0.6) is 5.75 Å². The van der Waals surface area contributed by atoms with Crippen molar-refractivity contribution in [3.8, 4) is 5.75 Å². The minimum Gasteiger partial charge on any atom is -0.488 e. The minimum absolute atomic E-state index is 0.241. The number of nitrogens with zero attached hydrogens (tertiary/aromatic N) is 1. The standard InChI is InChI=1S/C18H13BrFNO3S/c1-21-17(22)16(25-18(21)23)9-11-5-6-15(14(19)8-11)24-10-12-3-2-4-13(20)7-12/h2-9H,10H2,1H3/b16-9-. The van der Waals surface area contributed by atoms with Gasteiger partial charge in [0, 0.05) is 7.05 Å². The second kappa shape index (κ2) is 7.41. The fourth-order valence-electron chi connectivity index (χ4n) is 2.21. The number of carbonyl (C=O) groups excluding carboxylic acids is 2. The van der Waals surface area contributed by atoms with E-state index in [-0.39, 0.29) is 23.6 Å². The molecule has 0 saturated carbocycles. The lowest BCUT2D eigenvalue weighted by Crippen LogP contribution is -2.22. The Morgan fingerprint density at radius 2 is 2.04 bits per heavy atom. The van der Waals surface area contributed by atoms with Crippen molar-refractivity contribution in [1.82, 2.24) is 4.90 Å². The van der Waals surface area contributed by atoms with Gasteiger partial charge in [-0.1, -0.05) is 18.2 Å². The van der Waals surface area contributed by atoms with E-state index in [1.165, 1.54) is 19.2 Å². The number of likely N-dealkylation sites (N-methyl/N-ethyl adjacent to an activating group) is 1. The average Bonchev–Trinajstić information content (AvgIpc) is 2.81. The van der Waals surface area contributed by atoms with Crippen molar-refractivity contribution in [3.05, 3.63) is 68.8 Å². The van der Waals surface area contributed by atoms with E-state index in [0.29, 0.717) is 15.1 Å². The summed E-state index contributed by atoms with van der Waals surface area (Å²) in [5.41, 5.74) is 1.50. The fraction of sp³-hybridized carbons (Fsp3) is 0.111. The van der Waals surface area contributed by atoms with Crippen molar-refractivity contribution in [2.75, 3.05) is 7.05 Å². The summed E-state index contributed by atoms with van der Waals surface area (Å²) < 4.78 is 19.6. The Labute approximate surface area is 156 Å². The third-order valence-electron chi connectivity index (χ3n) is 3.52. The SMILES string of the molecule is CN1C(=O)S/C(=C\c2ccc(OCc3cccc(F)c3)c(Br)c2)C1=O. The van der Waals surface area contributed by atoms with E-state index in [9.17, 15) is 14.0 Å². The number of rotatable bonds is 4.